The Hall–Kier alpha value is -2.55. The van der Waals surface area contributed by atoms with Gasteiger partial charge in [0.25, 0.3) is 7.82 Å². The highest BCUT2D eigenvalue weighted by Gasteiger charge is 2.21. The van der Waals surface area contributed by atoms with Gasteiger partial charge in [-0.3, -0.25) is 14.2 Å². The molecule has 0 saturated heterocycles. The third-order valence-corrected chi connectivity index (χ3v) is 8.94. The molecule has 0 aliphatic carbocycles. The fourth-order valence-electron chi connectivity index (χ4n) is 4.81. The van der Waals surface area contributed by atoms with Crippen LogP contribution in [0.1, 0.15) is 136 Å². The second-order valence-corrected chi connectivity index (χ2v) is 15.7. The maximum absolute atomic E-state index is 12.6. The first kappa shape index (κ1) is 50.5. The predicted octanol–water partition coefficient (Wildman–Crippen LogP) is 10.4. The molecule has 53 heavy (non-hydrogen) atoms. The number of esters is 2. The van der Waals surface area contributed by atoms with Crippen molar-refractivity contribution in [1.82, 2.24) is 0 Å². The van der Waals surface area contributed by atoms with Gasteiger partial charge < -0.3 is 27.9 Å². The quantitative estimate of drug-likeness (QED) is 0.0206. The number of nitrogens with zero attached hydrogens (tertiary/aromatic N) is 1. The number of quaternary nitrogens is 1. The molecule has 0 saturated carbocycles. The van der Waals surface area contributed by atoms with E-state index < -0.39 is 32.5 Å². The number of phosphoric ester groups is 1. The van der Waals surface area contributed by atoms with Crippen LogP contribution in [0.15, 0.2) is 72.9 Å². The van der Waals surface area contributed by atoms with E-state index in [2.05, 4.69) is 74.6 Å². The molecule has 0 rings (SSSR count). The Balaban J connectivity index is 4.54. The number of ether oxygens (including phenoxy) is 2. The van der Waals surface area contributed by atoms with Crippen LogP contribution in [0.25, 0.3) is 0 Å². The van der Waals surface area contributed by atoms with Crippen LogP contribution >= 0.6 is 7.82 Å². The van der Waals surface area contributed by atoms with Gasteiger partial charge in [-0.05, 0) is 70.6 Å². The van der Waals surface area contributed by atoms with Gasteiger partial charge in [0.2, 0.25) is 0 Å². The van der Waals surface area contributed by atoms with E-state index in [-0.39, 0.29) is 26.1 Å². The lowest BCUT2D eigenvalue weighted by Gasteiger charge is -2.28. The molecule has 0 radical (unpaired) electrons. The fourth-order valence-corrected chi connectivity index (χ4v) is 5.54. The van der Waals surface area contributed by atoms with E-state index in [0.717, 1.165) is 64.2 Å². The van der Waals surface area contributed by atoms with Crippen LogP contribution in [0.4, 0.5) is 0 Å². The average Bonchev–Trinajstić information content (AvgIpc) is 3.10. The average molecular weight is 764 g/mol. The first-order valence-corrected chi connectivity index (χ1v) is 21.6. The number of unbranched alkanes of at least 4 members (excludes halogenated alkanes) is 9. The first-order chi connectivity index (χ1) is 25.5. The van der Waals surface area contributed by atoms with Gasteiger partial charge in [-0.15, -0.1) is 0 Å². The summed E-state index contributed by atoms with van der Waals surface area (Å²) in [5, 5.41) is 0. The third kappa shape index (κ3) is 39.0. The van der Waals surface area contributed by atoms with Crippen molar-refractivity contribution in [1.29, 1.82) is 0 Å². The number of likely N-dealkylation sites (N-methyl/N-ethyl adjacent to an activating group) is 1. The van der Waals surface area contributed by atoms with Gasteiger partial charge in [0.15, 0.2) is 6.10 Å². The minimum absolute atomic E-state index is 0.0494. The van der Waals surface area contributed by atoms with E-state index in [0.29, 0.717) is 23.9 Å². The topological polar surface area (TPSA) is 111 Å². The standard InChI is InChI=1S/C43H74NO8P/c1-6-8-10-12-14-16-18-20-21-22-24-25-27-29-31-33-35-42(45)49-39-41(40-51-53(47,48)50-38-37-44(3,4)5)52-43(46)36-34-32-30-28-26-23-19-17-15-13-11-9-7-2/h9,11,15-18,21-23,26,30,32,41H,6-8,10,12-14,19-20,24-25,27-29,31,33-40H2,1-5H3/b11-9-,17-15-,18-16-,22-21-,26-23-,32-30-. The number of carbonyl (C=O) groups excluding carboxylic acids is 2. The molecule has 2 atom stereocenters. The van der Waals surface area contributed by atoms with Crippen molar-refractivity contribution in [2.75, 3.05) is 47.5 Å². The highest BCUT2D eigenvalue weighted by Crippen LogP contribution is 2.38. The summed E-state index contributed by atoms with van der Waals surface area (Å²) in [5.74, 6) is -0.954. The molecule has 0 aliphatic heterocycles. The molecule has 0 fully saturated rings. The van der Waals surface area contributed by atoms with Gasteiger partial charge in [0.05, 0.1) is 27.7 Å². The lowest BCUT2D eigenvalue weighted by atomic mass is 10.1. The Bertz CT molecular complexity index is 1140. The minimum Gasteiger partial charge on any atom is -0.756 e. The third-order valence-electron chi connectivity index (χ3n) is 7.97. The van der Waals surface area contributed by atoms with E-state index in [4.69, 9.17) is 18.5 Å². The van der Waals surface area contributed by atoms with Gasteiger partial charge in [-0.1, -0.05) is 125 Å². The molecule has 9 nitrogen and oxygen atoms in total. The lowest BCUT2D eigenvalue weighted by molar-refractivity contribution is -0.870. The van der Waals surface area contributed by atoms with Crippen LogP contribution in [-0.4, -0.2) is 70.0 Å². The summed E-state index contributed by atoms with van der Waals surface area (Å²) in [6, 6.07) is 0. The molecule has 0 aliphatic rings. The molecule has 0 aromatic rings. The number of rotatable bonds is 35. The van der Waals surface area contributed by atoms with E-state index >= 15 is 0 Å². The van der Waals surface area contributed by atoms with Crippen molar-refractivity contribution >= 4 is 19.8 Å². The molecule has 2 unspecified atom stereocenters. The first-order valence-electron chi connectivity index (χ1n) is 20.1. The Kier molecular flexibility index (Phi) is 33.5. The summed E-state index contributed by atoms with van der Waals surface area (Å²) in [4.78, 5) is 37.4. The van der Waals surface area contributed by atoms with Crippen molar-refractivity contribution in [3.63, 3.8) is 0 Å². The normalized spacial score (nSPS) is 14.5. The largest absolute Gasteiger partial charge is 0.756 e. The molecule has 0 bridgehead atoms. The van der Waals surface area contributed by atoms with Crippen molar-refractivity contribution in [2.45, 2.75) is 142 Å². The van der Waals surface area contributed by atoms with Gasteiger partial charge >= 0.3 is 11.9 Å². The summed E-state index contributed by atoms with van der Waals surface area (Å²) in [7, 11) is 1.10. The smallest absolute Gasteiger partial charge is 0.306 e. The van der Waals surface area contributed by atoms with Crippen molar-refractivity contribution < 1.29 is 42.1 Å². The Morgan fingerprint density at radius 1 is 0.604 bits per heavy atom. The van der Waals surface area contributed by atoms with Crippen LogP contribution in [0, 0.1) is 0 Å². The van der Waals surface area contributed by atoms with Crippen molar-refractivity contribution in [3.05, 3.63) is 72.9 Å². The highest BCUT2D eigenvalue weighted by molar-refractivity contribution is 7.45. The number of phosphoric acid groups is 1. The Morgan fingerprint density at radius 3 is 1.68 bits per heavy atom. The molecule has 0 aromatic carbocycles. The van der Waals surface area contributed by atoms with Gasteiger partial charge in [0, 0.05) is 12.8 Å². The number of hydrogen-bond acceptors (Lipinski definition) is 8. The van der Waals surface area contributed by atoms with Crippen LogP contribution in [-0.2, 0) is 32.7 Å². The predicted molar refractivity (Wildman–Crippen MR) is 217 cm³/mol. The van der Waals surface area contributed by atoms with Gasteiger partial charge in [-0.25, -0.2) is 0 Å². The second-order valence-electron chi connectivity index (χ2n) is 14.3. The zero-order valence-electron chi connectivity index (χ0n) is 33.9. The molecule has 10 heteroatoms. The SMILES string of the molecule is CC/C=C\C/C=C\C/C=C\C/C=C\CCC(=O)OC(COC(=O)CCCCCCC/C=C\C/C=C\CCCCCC)COP(=O)([O-])OCC[N+](C)(C)C. The molecule has 0 spiro atoms. The molecule has 0 amide bonds. The number of allylic oxidation sites excluding steroid dienone is 12. The molecular formula is C43H74NO8P. The molecular weight excluding hydrogens is 689 g/mol. The van der Waals surface area contributed by atoms with Crippen LogP contribution in [0.2, 0.25) is 0 Å². The van der Waals surface area contributed by atoms with Crippen LogP contribution in [0.5, 0.6) is 0 Å². The molecule has 0 heterocycles. The highest BCUT2D eigenvalue weighted by atomic mass is 31.2. The molecule has 0 N–H and O–H groups in total. The zero-order chi connectivity index (χ0) is 39.3. The summed E-state index contributed by atoms with van der Waals surface area (Å²) < 4.78 is 33.7. The monoisotopic (exact) mass is 764 g/mol. The molecule has 304 valence electrons. The maximum atomic E-state index is 12.6. The van der Waals surface area contributed by atoms with E-state index in [9.17, 15) is 19.0 Å². The summed E-state index contributed by atoms with van der Waals surface area (Å²) in [5.41, 5.74) is 0. The number of hydrogen-bond donors (Lipinski definition) is 0. The molecule has 0 aromatic heterocycles. The van der Waals surface area contributed by atoms with Gasteiger partial charge in [-0.2, -0.15) is 0 Å². The van der Waals surface area contributed by atoms with Crippen LogP contribution in [0.3, 0.4) is 0 Å². The van der Waals surface area contributed by atoms with E-state index in [1.165, 1.54) is 32.1 Å². The van der Waals surface area contributed by atoms with Crippen LogP contribution < -0.4 is 4.89 Å². The van der Waals surface area contributed by atoms with Crippen molar-refractivity contribution in [2.24, 2.45) is 0 Å². The lowest BCUT2D eigenvalue weighted by Crippen LogP contribution is -2.37. The van der Waals surface area contributed by atoms with E-state index in [1.54, 1.807) is 0 Å². The Morgan fingerprint density at radius 2 is 1.11 bits per heavy atom. The summed E-state index contributed by atoms with van der Waals surface area (Å²) in [6.07, 6.45) is 42.3. The maximum Gasteiger partial charge on any atom is 0.306 e. The number of carbonyl (C=O) groups is 2. The second kappa shape index (κ2) is 35.2. The summed E-state index contributed by atoms with van der Waals surface area (Å²) >= 11 is 0. The van der Waals surface area contributed by atoms with E-state index in [1.807, 2.05) is 33.3 Å². The van der Waals surface area contributed by atoms with Gasteiger partial charge in [0.1, 0.15) is 19.8 Å². The zero-order valence-corrected chi connectivity index (χ0v) is 34.8. The fraction of sp³-hybridized carbons (Fsp3) is 0.674. The van der Waals surface area contributed by atoms with Crippen molar-refractivity contribution in [3.8, 4) is 0 Å². The Labute approximate surface area is 323 Å². The summed E-state index contributed by atoms with van der Waals surface area (Å²) in [6.45, 7) is 3.96. The minimum atomic E-state index is -4.65.